The van der Waals surface area contributed by atoms with Crippen LogP contribution < -0.4 is 0 Å². The minimum atomic E-state index is 0.187. The first-order valence-electron chi connectivity index (χ1n) is 6.47. The molecule has 0 aliphatic carbocycles. The quantitative estimate of drug-likeness (QED) is 0.870. The maximum Gasteiger partial charge on any atom is 0.210 e. The number of hydrogen-bond acceptors (Lipinski definition) is 5. The number of allylic oxidation sites excluding steroid dienone is 1. The molecule has 0 amide bonds. The summed E-state index contributed by atoms with van der Waals surface area (Å²) in [4.78, 5) is 5.11. The van der Waals surface area contributed by atoms with E-state index in [0.29, 0.717) is 17.1 Å². The Morgan fingerprint density at radius 2 is 2.24 bits per heavy atom. The normalized spacial score (nSPS) is 14.8. The molecule has 0 saturated heterocycles. The summed E-state index contributed by atoms with van der Waals surface area (Å²) >= 11 is 6.68. The molecule has 2 heterocycles. The lowest BCUT2D eigenvalue weighted by atomic mass is 10.1. The molecular weight excluding hydrogens is 304 g/mol. The second-order valence-corrected chi connectivity index (χ2v) is 6.25. The Bertz CT molecular complexity index is 787. The summed E-state index contributed by atoms with van der Waals surface area (Å²) in [5.74, 6) is 0.187. The molecule has 0 unspecified atom stereocenters. The standard InChI is InChI=1S/C15H14N2O2S2/c1-19-7-6-17-14(18)13(21-15(17)20)8-10-9-16-12-5-3-2-4-11(10)12/h2-5,8-9,18H,6-7H2,1H3/b10-8+. The molecule has 1 aromatic carbocycles. The van der Waals surface area contributed by atoms with Crippen molar-refractivity contribution in [2.24, 2.45) is 4.99 Å². The van der Waals surface area contributed by atoms with Crippen LogP contribution in [0.5, 0.6) is 5.88 Å². The van der Waals surface area contributed by atoms with E-state index in [1.54, 1.807) is 11.7 Å². The van der Waals surface area contributed by atoms with Crippen LogP contribution in [-0.2, 0) is 11.3 Å². The number of hydrogen-bond donors (Lipinski definition) is 1. The first-order valence-corrected chi connectivity index (χ1v) is 7.70. The number of para-hydroxylation sites is 1. The van der Waals surface area contributed by atoms with Crippen molar-refractivity contribution in [3.8, 4) is 5.88 Å². The fourth-order valence-corrected chi connectivity index (χ4v) is 3.49. The summed E-state index contributed by atoms with van der Waals surface area (Å²) in [5, 5.41) is 10.3. The molecule has 0 fully saturated rings. The van der Waals surface area contributed by atoms with Crippen molar-refractivity contribution in [1.82, 2.24) is 4.57 Å². The van der Waals surface area contributed by atoms with Gasteiger partial charge in [-0.1, -0.05) is 18.2 Å². The van der Waals surface area contributed by atoms with Crippen molar-refractivity contribution < 1.29 is 9.84 Å². The maximum absolute atomic E-state index is 10.3. The number of fused-ring (bicyclic) bond motifs is 1. The van der Waals surface area contributed by atoms with Gasteiger partial charge in [-0.05, 0) is 24.4 Å². The maximum atomic E-state index is 10.3. The van der Waals surface area contributed by atoms with Gasteiger partial charge in [0.05, 0.1) is 23.7 Å². The fraction of sp³-hybridized carbons (Fsp3) is 0.200. The number of ether oxygens (including phenoxy) is 1. The number of methoxy groups -OCH3 is 1. The summed E-state index contributed by atoms with van der Waals surface area (Å²) in [6.07, 6.45) is 3.74. The van der Waals surface area contributed by atoms with Gasteiger partial charge in [0.15, 0.2) is 3.95 Å². The van der Waals surface area contributed by atoms with Crippen LogP contribution in [0.1, 0.15) is 10.4 Å². The Labute approximate surface area is 131 Å². The molecule has 21 heavy (non-hydrogen) atoms. The number of aliphatic imine (C=N–C) groups is 1. The lowest BCUT2D eigenvalue weighted by Crippen LogP contribution is -2.03. The molecule has 0 saturated carbocycles. The molecule has 0 spiro atoms. The average molecular weight is 318 g/mol. The van der Waals surface area contributed by atoms with Crippen molar-refractivity contribution in [2.75, 3.05) is 13.7 Å². The van der Waals surface area contributed by atoms with Gasteiger partial charge in [0, 0.05) is 24.5 Å². The van der Waals surface area contributed by atoms with Gasteiger partial charge in [-0.25, -0.2) is 0 Å². The molecular formula is C15H14N2O2S2. The third kappa shape index (κ3) is 2.70. The van der Waals surface area contributed by atoms with Crippen LogP contribution in [0.4, 0.5) is 5.69 Å². The molecule has 1 aliphatic rings. The molecule has 0 radical (unpaired) electrons. The molecule has 1 aromatic heterocycles. The second-order valence-electron chi connectivity index (χ2n) is 4.58. The van der Waals surface area contributed by atoms with E-state index in [1.165, 1.54) is 11.3 Å². The number of aromatic hydroxyl groups is 1. The minimum absolute atomic E-state index is 0.187. The predicted molar refractivity (Wildman–Crippen MR) is 89.1 cm³/mol. The Morgan fingerprint density at radius 1 is 1.43 bits per heavy atom. The lowest BCUT2D eigenvalue weighted by Gasteiger charge is -2.03. The van der Waals surface area contributed by atoms with Gasteiger partial charge in [-0.2, -0.15) is 0 Å². The van der Waals surface area contributed by atoms with Gasteiger partial charge in [-0.3, -0.25) is 9.56 Å². The van der Waals surface area contributed by atoms with Crippen LogP contribution in [0.15, 0.2) is 29.3 Å². The van der Waals surface area contributed by atoms with Gasteiger partial charge in [0.1, 0.15) is 0 Å². The third-order valence-electron chi connectivity index (χ3n) is 3.26. The van der Waals surface area contributed by atoms with Crippen LogP contribution in [0.25, 0.3) is 11.6 Å². The monoisotopic (exact) mass is 318 g/mol. The number of thiazole rings is 1. The Kier molecular flexibility index (Phi) is 4.01. The zero-order valence-electron chi connectivity index (χ0n) is 11.4. The van der Waals surface area contributed by atoms with Crippen LogP contribution in [0.2, 0.25) is 0 Å². The second kappa shape index (κ2) is 5.93. The average Bonchev–Trinajstić information content (AvgIpc) is 3.01. The summed E-state index contributed by atoms with van der Waals surface area (Å²) in [6.45, 7) is 1.06. The van der Waals surface area contributed by atoms with E-state index in [-0.39, 0.29) is 5.88 Å². The molecule has 0 atom stereocenters. The van der Waals surface area contributed by atoms with Crippen LogP contribution in [0, 0.1) is 3.95 Å². The predicted octanol–water partition coefficient (Wildman–Crippen LogP) is 3.89. The third-order valence-corrected chi connectivity index (χ3v) is 4.64. The Hall–Kier alpha value is -1.76. The molecule has 108 valence electrons. The number of nitrogens with zero attached hydrogens (tertiary/aromatic N) is 2. The van der Waals surface area contributed by atoms with E-state index in [4.69, 9.17) is 17.0 Å². The largest absolute Gasteiger partial charge is 0.493 e. The fourth-order valence-electron chi connectivity index (χ4n) is 2.18. The molecule has 3 rings (SSSR count). The van der Waals surface area contributed by atoms with Gasteiger partial charge >= 0.3 is 0 Å². The summed E-state index contributed by atoms with van der Waals surface area (Å²) in [7, 11) is 1.63. The summed E-state index contributed by atoms with van der Waals surface area (Å²) in [6, 6.07) is 7.93. The molecule has 2 aromatic rings. The van der Waals surface area contributed by atoms with E-state index in [1.807, 2.05) is 36.6 Å². The first-order chi connectivity index (χ1) is 10.2. The van der Waals surface area contributed by atoms with E-state index in [9.17, 15) is 5.11 Å². The van der Waals surface area contributed by atoms with Crippen LogP contribution in [0.3, 0.4) is 0 Å². The molecule has 6 heteroatoms. The van der Waals surface area contributed by atoms with E-state index in [2.05, 4.69) is 4.99 Å². The lowest BCUT2D eigenvalue weighted by molar-refractivity contribution is 0.183. The van der Waals surface area contributed by atoms with Gasteiger partial charge < -0.3 is 9.84 Å². The SMILES string of the molecule is COCCn1c(O)c(/C=C2\C=Nc3ccccc32)sc1=S. The van der Waals surface area contributed by atoms with Gasteiger partial charge in [-0.15, -0.1) is 11.3 Å². The summed E-state index contributed by atoms with van der Waals surface area (Å²) < 4.78 is 7.36. The Balaban J connectivity index is 1.98. The highest BCUT2D eigenvalue weighted by Crippen LogP contribution is 2.35. The molecule has 1 aliphatic heterocycles. The zero-order valence-corrected chi connectivity index (χ0v) is 13.1. The van der Waals surface area contributed by atoms with Crippen molar-refractivity contribution in [3.05, 3.63) is 38.7 Å². The van der Waals surface area contributed by atoms with E-state index >= 15 is 0 Å². The summed E-state index contributed by atoms with van der Waals surface area (Å²) in [5.41, 5.74) is 3.00. The smallest absolute Gasteiger partial charge is 0.210 e. The molecule has 1 N–H and O–H groups in total. The molecule has 0 bridgehead atoms. The zero-order chi connectivity index (χ0) is 14.8. The minimum Gasteiger partial charge on any atom is -0.493 e. The number of aromatic nitrogens is 1. The number of benzene rings is 1. The van der Waals surface area contributed by atoms with E-state index < -0.39 is 0 Å². The highest BCUT2D eigenvalue weighted by molar-refractivity contribution is 7.73. The van der Waals surface area contributed by atoms with Gasteiger partial charge in [0.25, 0.3) is 0 Å². The van der Waals surface area contributed by atoms with Crippen LogP contribution in [-0.4, -0.2) is 29.6 Å². The van der Waals surface area contributed by atoms with Gasteiger partial charge in [0.2, 0.25) is 5.88 Å². The topological polar surface area (TPSA) is 46.8 Å². The highest BCUT2D eigenvalue weighted by atomic mass is 32.1. The van der Waals surface area contributed by atoms with Crippen LogP contribution >= 0.6 is 23.6 Å². The number of rotatable bonds is 4. The van der Waals surface area contributed by atoms with Crippen molar-refractivity contribution in [2.45, 2.75) is 6.54 Å². The van der Waals surface area contributed by atoms with Crippen molar-refractivity contribution >= 4 is 47.1 Å². The van der Waals surface area contributed by atoms with Crippen molar-refractivity contribution in [3.63, 3.8) is 0 Å². The first kappa shape index (κ1) is 14.2. The van der Waals surface area contributed by atoms with Crippen molar-refractivity contribution in [1.29, 1.82) is 0 Å². The highest BCUT2D eigenvalue weighted by Gasteiger charge is 2.14. The Morgan fingerprint density at radius 3 is 3.05 bits per heavy atom. The molecule has 4 nitrogen and oxygen atoms in total. The van der Waals surface area contributed by atoms with E-state index in [0.717, 1.165) is 21.7 Å².